The molecule has 0 amide bonds. The van der Waals surface area contributed by atoms with Gasteiger partial charge in [0.2, 0.25) is 0 Å². The van der Waals surface area contributed by atoms with E-state index in [2.05, 4.69) is 118 Å². The maximum Gasteiger partial charge on any atom is 0.138 e. The molecule has 0 N–H and O–H groups in total. The summed E-state index contributed by atoms with van der Waals surface area (Å²) in [5.41, 5.74) is 11.7. The van der Waals surface area contributed by atoms with E-state index in [-0.39, 0.29) is 0 Å². The number of benzene rings is 6. The Balaban J connectivity index is 1.25. The molecule has 0 unspecified atom stereocenters. The molecule has 0 atom stereocenters. The van der Waals surface area contributed by atoms with E-state index in [9.17, 15) is 0 Å². The molecule has 0 spiro atoms. The van der Waals surface area contributed by atoms with Crippen molar-refractivity contribution in [3.63, 3.8) is 0 Å². The number of furan rings is 1. The molecule has 0 saturated carbocycles. The molecule has 8 aromatic rings. The number of hydrogen-bond acceptors (Lipinski definition) is 3. The highest BCUT2D eigenvalue weighted by Gasteiger charge is 2.15. The van der Waals surface area contributed by atoms with E-state index in [1.54, 1.807) is 0 Å². The summed E-state index contributed by atoms with van der Waals surface area (Å²) >= 11 is 0. The van der Waals surface area contributed by atoms with Crippen molar-refractivity contribution in [2.75, 3.05) is 0 Å². The summed E-state index contributed by atoms with van der Waals surface area (Å²) in [6.45, 7) is 6.39. The van der Waals surface area contributed by atoms with Crippen molar-refractivity contribution < 1.29 is 4.42 Å². The second-order valence-corrected chi connectivity index (χ2v) is 10.9. The van der Waals surface area contributed by atoms with Crippen LogP contribution in [0.5, 0.6) is 0 Å². The molecule has 3 heteroatoms. The summed E-state index contributed by atoms with van der Waals surface area (Å²) in [6, 6.07) is 34.5. The van der Waals surface area contributed by atoms with E-state index in [1.165, 1.54) is 38.2 Å². The van der Waals surface area contributed by atoms with E-state index < -0.39 is 0 Å². The van der Waals surface area contributed by atoms with Gasteiger partial charge in [-0.3, -0.25) is 4.98 Å². The Labute approximate surface area is 231 Å². The predicted octanol–water partition coefficient (Wildman–Crippen LogP) is 10.1. The maximum absolute atomic E-state index is 6.31. The molecule has 0 aliphatic heterocycles. The van der Waals surface area contributed by atoms with Gasteiger partial charge in [0.1, 0.15) is 11.2 Å². The van der Waals surface area contributed by atoms with Gasteiger partial charge in [-0.2, -0.15) is 0 Å². The van der Waals surface area contributed by atoms with Crippen LogP contribution in [0.15, 0.2) is 108 Å². The molecule has 0 saturated heterocycles. The fraction of sp³-hybridized carbons (Fsp3) is 0.0811. The lowest BCUT2D eigenvalue weighted by Crippen LogP contribution is -1.92. The highest BCUT2D eigenvalue weighted by atomic mass is 16.3. The first-order valence-corrected chi connectivity index (χ1v) is 13.7. The average molecular weight is 515 g/mol. The van der Waals surface area contributed by atoms with E-state index in [1.807, 2.05) is 6.20 Å². The minimum absolute atomic E-state index is 0.873. The third-order valence-corrected chi connectivity index (χ3v) is 8.13. The first-order valence-electron chi connectivity index (χ1n) is 13.7. The van der Waals surface area contributed by atoms with Crippen LogP contribution in [-0.2, 0) is 0 Å². The Hall–Kier alpha value is -5.02. The van der Waals surface area contributed by atoms with E-state index in [0.29, 0.717) is 0 Å². The molecule has 40 heavy (non-hydrogen) atoms. The van der Waals surface area contributed by atoms with Gasteiger partial charge in [0.05, 0.1) is 22.9 Å². The van der Waals surface area contributed by atoms with Crippen LogP contribution < -0.4 is 0 Å². The zero-order valence-electron chi connectivity index (χ0n) is 22.6. The second-order valence-electron chi connectivity index (χ2n) is 10.9. The highest BCUT2D eigenvalue weighted by molar-refractivity contribution is 6.23. The molecule has 3 nitrogen and oxygen atoms in total. The summed E-state index contributed by atoms with van der Waals surface area (Å²) < 4.78 is 6.31. The number of fused-ring (bicyclic) bond motifs is 9. The van der Waals surface area contributed by atoms with E-state index in [4.69, 9.17) is 14.4 Å². The molecule has 0 bridgehead atoms. The minimum atomic E-state index is 0.873. The van der Waals surface area contributed by atoms with Crippen LogP contribution in [0.25, 0.3) is 76.9 Å². The SMILES string of the molecule is Cc1cc(C)c2oc3c(C)cc(-c4ccc(-c5cnc6c7ccccc7c7ccccc7c6n5)cc4)cc3c2c1. The van der Waals surface area contributed by atoms with Gasteiger partial charge in [-0.15, -0.1) is 0 Å². The zero-order valence-corrected chi connectivity index (χ0v) is 22.6. The third-order valence-electron chi connectivity index (χ3n) is 8.13. The van der Waals surface area contributed by atoms with Gasteiger partial charge in [-0.05, 0) is 77.6 Å². The van der Waals surface area contributed by atoms with Crippen LogP contribution in [0.4, 0.5) is 0 Å². The predicted molar refractivity (Wildman–Crippen MR) is 167 cm³/mol. The lowest BCUT2D eigenvalue weighted by Gasteiger charge is -2.11. The fourth-order valence-corrected chi connectivity index (χ4v) is 6.26. The largest absolute Gasteiger partial charge is 0.456 e. The number of rotatable bonds is 2. The maximum atomic E-state index is 6.31. The lowest BCUT2D eigenvalue weighted by atomic mass is 9.97. The van der Waals surface area contributed by atoms with Crippen molar-refractivity contribution >= 4 is 54.5 Å². The van der Waals surface area contributed by atoms with Gasteiger partial charge >= 0.3 is 0 Å². The van der Waals surface area contributed by atoms with E-state index >= 15 is 0 Å². The van der Waals surface area contributed by atoms with Crippen molar-refractivity contribution in [1.82, 2.24) is 9.97 Å². The molecule has 0 aliphatic carbocycles. The summed E-state index contributed by atoms with van der Waals surface area (Å²) in [5.74, 6) is 0. The summed E-state index contributed by atoms with van der Waals surface area (Å²) in [4.78, 5) is 10.1. The van der Waals surface area contributed by atoms with Crippen LogP contribution in [0.2, 0.25) is 0 Å². The molecular formula is C37H26N2O. The van der Waals surface area contributed by atoms with Gasteiger partial charge in [0.15, 0.2) is 0 Å². The van der Waals surface area contributed by atoms with Crippen molar-refractivity contribution in [1.29, 1.82) is 0 Å². The molecule has 0 aliphatic rings. The molecule has 0 fully saturated rings. The van der Waals surface area contributed by atoms with Crippen molar-refractivity contribution in [3.8, 4) is 22.4 Å². The molecule has 2 heterocycles. The van der Waals surface area contributed by atoms with Gasteiger partial charge in [-0.1, -0.05) is 78.9 Å². The van der Waals surface area contributed by atoms with Crippen molar-refractivity contribution in [3.05, 3.63) is 120 Å². The Bertz CT molecular complexity index is 2260. The number of nitrogens with zero attached hydrogens (tertiary/aromatic N) is 2. The quantitative estimate of drug-likeness (QED) is 0.215. The van der Waals surface area contributed by atoms with Gasteiger partial charge in [-0.25, -0.2) is 4.98 Å². The third kappa shape index (κ3) is 3.37. The van der Waals surface area contributed by atoms with Crippen LogP contribution in [0, 0.1) is 20.8 Å². The monoisotopic (exact) mass is 514 g/mol. The average Bonchev–Trinajstić information content (AvgIpc) is 3.37. The van der Waals surface area contributed by atoms with Crippen LogP contribution in [0.1, 0.15) is 16.7 Å². The highest BCUT2D eigenvalue weighted by Crippen LogP contribution is 2.38. The number of aromatic nitrogens is 2. The summed E-state index contributed by atoms with van der Waals surface area (Å²) in [5, 5.41) is 7.02. The van der Waals surface area contributed by atoms with Gasteiger partial charge in [0.25, 0.3) is 0 Å². The molecule has 0 radical (unpaired) electrons. The Morgan fingerprint density at radius 1 is 0.500 bits per heavy atom. The smallest absolute Gasteiger partial charge is 0.138 e. The van der Waals surface area contributed by atoms with E-state index in [0.717, 1.165) is 55.4 Å². The first kappa shape index (κ1) is 22.9. The van der Waals surface area contributed by atoms with Crippen molar-refractivity contribution in [2.24, 2.45) is 0 Å². The van der Waals surface area contributed by atoms with Gasteiger partial charge < -0.3 is 4.42 Å². The summed E-state index contributed by atoms with van der Waals surface area (Å²) in [6.07, 6.45) is 1.90. The molecule has 2 aromatic heterocycles. The standard InChI is InChI=1S/C37H26N2O/c1-21-16-22(2)36-31(17-21)32-19-26(18-23(3)37(32)40-36)24-12-14-25(15-13-24)33-20-38-34-29-10-6-4-8-27(29)28-9-5-7-11-30(28)35(34)39-33/h4-20H,1-3H3. The molecular weight excluding hydrogens is 488 g/mol. The minimum Gasteiger partial charge on any atom is -0.456 e. The molecule has 8 rings (SSSR count). The molecule has 6 aromatic carbocycles. The Morgan fingerprint density at radius 3 is 1.77 bits per heavy atom. The zero-order chi connectivity index (χ0) is 27.0. The van der Waals surface area contributed by atoms with Crippen LogP contribution in [-0.4, -0.2) is 9.97 Å². The molecule has 190 valence electrons. The van der Waals surface area contributed by atoms with Crippen LogP contribution >= 0.6 is 0 Å². The lowest BCUT2D eigenvalue weighted by molar-refractivity contribution is 0.662. The second kappa shape index (κ2) is 8.49. The topological polar surface area (TPSA) is 38.9 Å². The van der Waals surface area contributed by atoms with Crippen molar-refractivity contribution in [2.45, 2.75) is 20.8 Å². The van der Waals surface area contributed by atoms with Gasteiger partial charge in [0, 0.05) is 27.1 Å². The Kier molecular flexibility index (Phi) is 4.86. The first-order chi connectivity index (χ1) is 19.5. The Morgan fingerprint density at radius 2 is 1.07 bits per heavy atom. The van der Waals surface area contributed by atoms with Crippen LogP contribution in [0.3, 0.4) is 0 Å². The fourth-order valence-electron chi connectivity index (χ4n) is 6.26. The normalized spacial score (nSPS) is 11.9. The number of hydrogen-bond donors (Lipinski definition) is 0. The number of aryl methyl sites for hydroxylation is 3. The summed E-state index contributed by atoms with van der Waals surface area (Å²) in [7, 11) is 0.